The van der Waals surface area contributed by atoms with Gasteiger partial charge in [-0.15, -0.1) is 0 Å². The molecule has 0 aliphatic carbocycles. The Balaban J connectivity index is 1.40. The van der Waals surface area contributed by atoms with E-state index in [-0.39, 0.29) is 30.2 Å². The van der Waals surface area contributed by atoms with Gasteiger partial charge in [0.1, 0.15) is 11.8 Å². The molecule has 2 aromatic carbocycles. The van der Waals surface area contributed by atoms with Crippen LogP contribution in [0.4, 0.5) is 0 Å². The zero-order valence-corrected chi connectivity index (χ0v) is 19.9. The van der Waals surface area contributed by atoms with E-state index < -0.39 is 6.04 Å². The van der Waals surface area contributed by atoms with Gasteiger partial charge in [0.2, 0.25) is 11.8 Å². The Morgan fingerprint density at radius 3 is 2.34 bits per heavy atom. The summed E-state index contributed by atoms with van der Waals surface area (Å²) in [7, 11) is 0. The Morgan fingerprint density at radius 1 is 0.971 bits per heavy atom. The number of rotatable bonds is 8. The lowest BCUT2D eigenvalue weighted by molar-refractivity contribution is -0.132. The molecule has 1 unspecified atom stereocenters. The topological polar surface area (TPSA) is 91.7 Å². The molecule has 4 rings (SSSR count). The van der Waals surface area contributed by atoms with Crippen LogP contribution in [0.5, 0.6) is 0 Å². The van der Waals surface area contributed by atoms with Crippen molar-refractivity contribution in [2.24, 2.45) is 5.92 Å². The maximum Gasteiger partial charge on any atom is 0.251 e. The Labute approximate surface area is 205 Å². The number of hydrogen-bond acceptors (Lipinski definition) is 4. The normalized spacial score (nSPS) is 14.8. The van der Waals surface area contributed by atoms with E-state index in [2.05, 4.69) is 10.6 Å². The van der Waals surface area contributed by atoms with Gasteiger partial charge in [-0.25, -0.2) is 0 Å². The second-order valence-corrected chi connectivity index (χ2v) is 8.99. The van der Waals surface area contributed by atoms with Crippen LogP contribution in [0, 0.1) is 12.8 Å². The smallest absolute Gasteiger partial charge is 0.251 e. The molecule has 2 heterocycles. The van der Waals surface area contributed by atoms with E-state index in [9.17, 15) is 14.4 Å². The summed E-state index contributed by atoms with van der Waals surface area (Å²) in [5.74, 6) is 0.101. The largest absolute Gasteiger partial charge is 0.467 e. The molecule has 1 aromatic heterocycles. The van der Waals surface area contributed by atoms with Crippen LogP contribution in [0.1, 0.15) is 40.1 Å². The third-order valence-electron chi connectivity index (χ3n) is 6.46. The molecular formula is C28H31N3O4. The highest BCUT2D eigenvalue weighted by atomic mass is 16.3. The van der Waals surface area contributed by atoms with Gasteiger partial charge in [0.15, 0.2) is 0 Å². The first-order valence-electron chi connectivity index (χ1n) is 12.0. The Kier molecular flexibility index (Phi) is 7.98. The van der Waals surface area contributed by atoms with Crippen molar-refractivity contribution in [1.82, 2.24) is 15.5 Å². The van der Waals surface area contributed by atoms with Gasteiger partial charge in [0, 0.05) is 18.7 Å². The molecule has 182 valence electrons. The third kappa shape index (κ3) is 6.59. The van der Waals surface area contributed by atoms with Crippen molar-refractivity contribution in [3.63, 3.8) is 0 Å². The number of nitrogens with one attached hydrogen (secondary N) is 2. The summed E-state index contributed by atoms with van der Waals surface area (Å²) < 4.78 is 5.31. The molecule has 7 nitrogen and oxygen atoms in total. The number of aryl methyl sites for hydroxylation is 1. The minimum Gasteiger partial charge on any atom is -0.467 e. The van der Waals surface area contributed by atoms with Crippen LogP contribution in [0.3, 0.4) is 0 Å². The number of benzene rings is 2. The average Bonchev–Trinajstić information content (AvgIpc) is 3.41. The van der Waals surface area contributed by atoms with E-state index in [0.717, 1.165) is 11.1 Å². The molecule has 1 saturated heterocycles. The molecule has 1 aliphatic rings. The molecular weight excluding hydrogens is 442 g/mol. The number of carbonyl (C=O) groups is 3. The first-order valence-corrected chi connectivity index (χ1v) is 12.0. The van der Waals surface area contributed by atoms with E-state index in [1.54, 1.807) is 30.5 Å². The third-order valence-corrected chi connectivity index (χ3v) is 6.46. The highest BCUT2D eigenvalue weighted by molar-refractivity contribution is 5.97. The van der Waals surface area contributed by atoms with Crippen LogP contribution in [0.15, 0.2) is 77.4 Å². The number of carbonyl (C=O) groups excluding carboxylic acids is 3. The number of hydrogen-bond donors (Lipinski definition) is 2. The zero-order valence-electron chi connectivity index (χ0n) is 19.9. The average molecular weight is 474 g/mol. The molecule has 35 heavy (non-hydrogen) atoms. The van der Waals surface area contributed by atoms with Crippen molar-refractivity contribution >= 4 is 17.7 Å². The Hall–Kier alpha value is -3.87. The van der Waals surface area contributed by atoms with Gasteiger partial charge in [-0.05, 0) is 55.5 Å². The van der Waals surface area contributed by atoms with E-state index in [4.69, 9.17) is 4.42 Å². The van der Waals surface area contributed by atoms with Crippen molar-refractivity contribution in [3.05, 3.63) is 95.4 Å². The lowest BCUT2D eigenvalue weighted by Gasteiger charge is -2.36. The maximum atomic E-state index is 13.2. The molecule has 3 aromatic rings. The van der Waals surface area contributed by atoms with Crippen molar-refractivity contribution in [2.75, 3.05) is 13.1 Å². The second-order valence-electron chi connectivity index (χ2n) is 8.99. The molecule has 0 radical (unpaired) electrons. The Bertz CT molecular complexity index is 1120. The minimum atomic E-state index is -0.704. The highest BCUT2D eigenvalue weighted by Gasteiger charge is 2.34. The summed E-state index contributed by atoms with van der Waals surface area (Å²) in [4.78, 5) is 40.7. The monoisotopic (exact) mass is 473 g/mol. The van der Waals surface area contributed by atoms with Crippen LogP contribution in [0.25, 0.3) is 0 Å². The van der Waals surface area contributed by atoms with Gasteiger partial charge in [-0.1, -0.05) is 48.0 Å². The van der Waals surface area contributed by atoms with Gasteiger partial charge in [-0.2, -0.15) is 0 Å². The van der Waals surface area contributed by atoms with Crippen LogP contribution < -0.4 is 10.6 Å². The van der Waals surface area contributed by atoms with Crippen LogP contribution in [-0.2, 0) is 22.6 Å². The SMILES string of the molecule is Cc1ccc(C(=O)NC(C(=O)NCc2ccco2)C2CCN(C(=O)Cc3ccccc3)CC2)cc1. The molecule has 3 amide bonds. The number of piperidine rings is 1. The van der Waals surface area contributed by atoms with Crippen LogP contribution >= 0.6 is 0 Å². The van der Waals surface area contributed by atoms with Gasteiger partial charge >= 0.3 is 0 Å². The van der Waals surface area contributed by atoms with Gasteiger partial charge in [-0.3, -0.25) is 14.4 Å². The highest BCUT2D eigenvalue weighted by Crippen LogP contribution is 2.22. The van der Waals surface area contributed by atoms with Crippen LogP contribution in [-0.4, -0.2) is 41.8 Å². The standard InChI is InChI=1S/C28H31N3O4/c1-20-9-11-23(12-10-20)27(33)30-26(28(34)29-19-24-8-5-17-35-24)22-13-15-31(16-14-22)25(32)18-21-6-3-2-4-7-21/h2-12,17,22,26H,13-16,18-19H2,1H3,(H,29,34)(H,30,33). The first-order chi connectivity index (χ1) is 17.0. The molecule has 7 heteroatoms. The predicted molar refractivity (Wildman–Crippen MR) is 132 cm³/mol. The molecule has 2 N–H and O–H groups in total. The van der Waals surface area contributed by atoms with E-state index in [1.807, 2.05) is 54.3 Å². The summed E-state index contributed by atoms with van der Waals surface area (Å²) in [6, 6.07) is 19.8. The van der Waals surface area contributed by atoms with Crippen molar-refractivity contribution in [2.45, 2.75) is 38.8 Å². The fraction of sp³-hybridized carbons (Fsp3) is 0.321. The summed E-state index contributed by atoms with van der Waals surface area (Å²) in [5.41, 5.74) is 2.55. The predicted octanol–water partition coefficient (Wildman–Crippen LogP) is 3.48. The lowest BCUT2D eigenvalue weighted by Crippen LogP contribution is -2.53. The van der Waals surface area contributed by atoms with Gasteiger partial charge < -0.3 is 20.0 Å². The lowest BCUT2D eigenvalue weighted by atomic mass is 9.88. The zero-order chi connectivity index (χ0) is 24.6. The summed E-state index contributed by atoms with van der Waals surface area (Å²) in [6.45, 7) is 3.31. The minimum absolute atomic E-state index is 0.0807. The van der Waals surface area contributed by atoms with Crippen molar-refractivity contribution in [3.8, 4) is 0 Å². The fourth-order valence-electron chi connectivity index (χ4n) is 4.39. The number of furan rings is 1. The Morgan fingerprint density at radius 2 is 1.69 bits per heavy atom. The number of amides is 3. The van der Waals surface area contributed by atoms with Crippen molar-refractivity contribution < 1.29 is 18.8 Å². The first kappa shape index (κ1) is 24.3. The number of nitrogens with zero attached hydrogens (tertiary/aromatic N) is 1. The van der Waals surface area contributed by atoms with E-state index >= 15 is 0 Å². The summed E-state index contributed by atoms with van der Waals surface area (Å²) in [5, 5.41) is 5.84. The van der Waals surface area contributed by atoms with Gasteiger partial charge in [0.25, 0.3) is 5.91 Å². The van der Waals surface area contributed by atoms with E-state index in [0.29, 0.717) is 43.7 Å². The second kappa shape index (κ2) is 11.5. The molecule has 0 spiro atoms. The van der Waals surface area contributed by atoms with Crippen molar-refractivity contribution in [1.29, 1.82) is 0 Å². The molecule has 1 aliphatic heterocycles. The van der Waals surface area contributed by atoms with Crippen LogP contribution in [0.2, 0.25) is 0 Å². The quantitative estimate of drug-likeness (QED) is 0.524. The summed E-state index contributed by atoms with van der Waals surface area (Å²) >= 11 is 0. The molecule has 0 saturated carbocycles. The molecule has 1 atom stereocenters. The fourth-order valence-corrected chi connectivity index (χ4v) is 4.39. The van der Waals surface area contributed by atoms with E-state index in [1.165, 1.54) is 0 Å². The molecule has 1 fully saturated rings. The summed E-state index contributed by atoms with van der Waals surface area (Å²) in [6.07, 6.45) is 3.18. The van der Waals surface area contributed by atoms with Gasteiger partial charge in [0.05, 0.1) is 19.2 Å². The number of likely N-dealkylation sites (tertiary alicyclic amines) is 1. The maximum absolute atomic E-state index is 13.2. The molecule has 0 bridgehead atoms.